The fourth-order valence-corrected chi connectivity index (χ4v) is 0.249. The topological polar surface area (TPSA) is 76.7 Å². The summed E-state index contributed by atoms with van der Waals surface area (Å²) in [6, 6.07) is 0. The highest BCUT2D eigenvalue weighted by atomic mass is 16.1. The fourth-order valence-electron chi connectivity index (χ4n) is 0.249. The molecular formula is C4H9N3O. The quantitative estimate of drug-likeness (QED) is 0.495. The molecule has 4 heteroatoms. The van der Waals surface area contributed by atoms with E-state index in [9.17, 15) is 4.79 Å². The molecule has 0 saturated heterocycles. The van der Waals surface area contributed by atoms with E-state index in [2.05, 4.69) is 5.32 Å². The van der Waals surface area contributed by atoms with Gasteiger partial charge in [-0.1, -0.05) is 0 Å². The molecule has 0 aliphatic carbocycles. The second-order valence-corrected chi connectivity index (χ2v) is 1.09. The second kappa shape index (κ2) is 9.31. The molecule has 0 fully saturated rings. The molecule has 4 nitrogen and oxygen atoms in total. The highest BCUT2D eigenvalue weighted by molar-refractivity contribution is 5.72. The van der Waals surface area contributed by atoms with Gasteiger partial charge in [0, 0.05) is 24.3 Å². The minimum Gasteiger partial charge on any atom is -0.357 e. The number of rotatable bonds is 1. The lowest BCUT2D eigenvalue weighted by Gasteiger charge is -1.88. The van der Waals surface area contributed by atoms with Gasteiger partial charge in [0.05, 0.1) is 0 Å². The van der Waals surface area contributed by atoms with Gasteiger partial charge in [-0.05, 0) is 6.92 Å². The number of amides is 1. The van der Waals surface area contributed by atoms with E-state index in [0.29, 0.717) is 0 Å². The van der Waals surface area contributed by atoms with Crippen LogP contribution in [0.15, 0.2) is 0 Å². The molecule has 46 valence electrons. The van der Waals surface area contributed by atoms with Gasteiger partial charge in [0.1, 0.15) is 0 Å². The van der Waals surface area contributed by atoms with Gasteiger partial charge in [-0.2, -0.15) is 0 Å². The van der Waals surface area contributed by atoms with Crippen LogP contribution >= 0.6 is 0 Å². The summed E-state index contributed by atoms with van der Waals surface area (Å²) in [4.78, 5) is 9.93. The van der Waals surface area contributed by atoms with Crippen LogP contribution in [-0.2, 0) is 4.79 Å². The van der Waals surface area contributed by atoms with Gasteiger partial charge in [0.25, 0.3) is 0 Å². The summed E-state index contributed by atoms with van der Waals surface area (Å²) in [6.45, 7) is 4.13. The van der Waals surface area contributed by atoms with E-state index in [-0.39, 0.29) is 5.91 Å². The maximum absolute atomic E-state index is 9.93. The van der Waals surface area contributed by atoms with Crippen LogP contribution in [0.25, 0.3) is 0 Å². The third kappa shape index (κ3) is 20.7. The third-order valence-corrected chi connectivity index (χ3v) is 0.426. The van der Waals surface area contributed by atoms with Crippen LogP contribution in [0.5, 0.6) is 0 Å². The molecule has 0 bridgehead atoms. The van der Waals surface area contributed by atoms with Crippen molar-refractivity contribution in [2.24, 2.45) is 0 Å². The second-order valence-electron chi connectivity index (χ2n) is 1.09. The first-order valence-electron chi connectivity index (χ1n) is 2.21. The molecule has 8 heavy (non-hydrogen) atoms. The number of hydrogen-bond donors (Lipinski definition) is 1. The molecular weight excluding hydrogens is 106 g/mol. The minimum atomic E-state index is 0.0394. The summed E-state index contributed by atoms with van der Waals surface area (Å²) >= 11 is 0. The molecule has 0 aromatic rings. The molecule has 0 spiro atoms. The molecule has 0 rings (SSSR count). The lowest BCUT2D eigenvalue weighted by molar-refractivity contribution is -0.118. The van der Waals surface area contributed by atoms with Crippen molar-refractivity contribution in [2.45, 2.75) is 13.8 Å². The zero-order valence-electron chi connectivity index (χ0n) is 5.01. The summed E-state index contributed by atoms with van der Waals surface area (Å²) in [5.41, 5.74) is 0. The van der Waals surface area contributed by atoms with Crippen molar-refractivity contribution >= 4 is 5.91 Å². The largest absolute Gasteiger partial charge is 0.357 e. The Labute approximate surface area is 48.3 Å². The van der Waals surface area contributed by atoms with Gasteiger partial charge in [-0.15, -0.1) is 0 Å². The van der Waals surface area contributed by atoms with Crippen molar-refractivity contribution in [3.63, 3.8) is 0 Å². The van der Waals surface area contributed by atoms with Crippen LogP contribution in [0.3, 0.4) is 0 Å². The van der Waals surface area contributed by atoms with Crippen LogP contribution in [0.4, 0.5) is 0 Å². The van der Waals surface area contributed by atoms with Crippen LogP contribution < -0.4 is 5.32 Å². The smallest absolute Gasteiger partial charge is 0.216 e. The lowest BCUT2D eigenvalue weighted by atomic mass is 10.6. The molecule has 0 radical (unpaired) electrons. The van der Waals surface area contributed by atoms with Gasteiger partial charge >= 0.3 is 0 Å². The zero-order chi connectivity index (χ0) is 6.99. The molecule has 0 aromatic carbocycles. The van der Waals surface area contributed by atoms with Gasteiger partial charge in [-0.3, -0.25) is 4.79 Å². The minimum absolute atomic E-state index is 0.0394. The first-order valence-corrected chi connectivity index (χ1v) is 2.21. The Morgan fingerprint density at radius 1 is 1.62 bits per heavy atom. The number of carbonyl (C=O) groups excluding carboxylic acids is 1. The van der Waals surface area contributed by atoms with Crippen molar-refractivity contribution in [2.75, 3.05) is 6.54 Å². The van der Waals surface area contributed by atoms with Crippen molar-refractivity contribution in [1.29, 1.82) is 10.8 Å². The Balaban J connectivity index is 0. The van der Waals surface area contributed by atoms with Crippen LogP contribution in [0.1, 0.15) is 13.8 Å². The normalized spacial score (nSPS) is 6.00. The summed E-state index contributed by atoms with van der Waals surface area (Å²) in [5, 5.41) is 14.6. The summed E-state index contributed by atoms with van der Waals surface area (Å²) in [5.74, 6) is 0.0394. The van der Waals surface area contributed by atoms with Gasteiger partial charge in [0.15, 0.2) is 0 Å². The molecule has 0 saturated carbocycles. The van der Waals surface area contributed by atoms with E-state index in [1.54, 1.807) is 0 Å². The predicted octanol–water partition coefficient (Wildman–Crippen LogP) is 0.173. The average Bonchev–Trinajstić information content (AvgIpc) is 1.72. The SMILES string of the molecule is CCNC(C)=O.N#N. The Morgan fingerprint density at radius 3 is 2.00 bits per heavy atom. The highest BCUT2D eigenvalue weighted by Gasteiger charge is 1.78. The van der Waals surface area contributed by atoms with E-state index < -0.39 is 0 Å². The zero-order valence-corrected chi connectivity index (χ0v) is 5.01. The Hall–Kier alpha value is -1.11. The number of nitrogens with one attached hydrogen (secondary N) is 1. The van der Waals surface area contributed by atoms with E-state index in [1.807, 2.05) is 6.92 Å². The number of nitrogens with zero attached hydrogens (tertiary/aromatic N) is 2. The van der Waals surface area contributed by atoms with Crippen LogP contribution in [-0.4, -0.2) is 12.5 Å². The summed E-state index contributed by atoms with van der Waals surface area (Å²) in [7, 11) is 0. The maximum atomic E-state index is 9.93. The van der Waals surface area contributed by atoms with Crippen molar-refractivity contribution < 1.29 is 4.79 Å². The van der Waals surface area contributed by atoms with E-state index in [0.717, 1.165) is 6.54 Å². The van der Waals surface area contributed by atoms with E-state index in [1.165, 1.54) is 6.92 Å². The van der Waals surface area contributed by atoms with Gasteiger partial charge < -0.3 is 5.32 Å². The molecule has 0 atom stereocenters. The monoisotopic (exact) mass is 115 g/mol. The number of hydrogen-bond acceptors (Lipinski definition) is 3. The predicted molar refractivity (Wildman–Crippen MR) is 27.8 cm³/mol. The van der Waals surface area contributed by atoms with E-state index in [4.69, 9.17) is 10.8 Å². The maximum Gasteiger partial charge on any atom is 0.216 e. The van der Waals surface area contributed by atoms with Crippen LogP contribution in [0.2, 0.25) is 0 Å². The summed E-state index contributed by atoms with van der Waals surface area (Å²) in [6.07, 6.45) is 0. The van der Waals surface area contributed by atoms with Crippen molar-refractivity contribution in [3.05, 3.63) is 0 Å². The van der Waals surface area contributed by atoms with Gasteiger partial charge in [-0.25, -0.2) is 0 Å². The van der Waals surface area contributed by atoms with Gasteiger partial charge in [0.2, 0.25) is 5.91 Å². The Morgan fingerprint density at radius 2 is 2.00 bits per heavy atom. The molecule has 0 aromatic heterocycles. The standard InChI is InChI=1S/C4H9NO.N2/c1-3-5-4(2)6;1-2/h3H2,1-2H3,(H,5,6);. The molecule has 0 aliphatic rings. The first kappa shape index (κ1) is 10.00. The molecule has 1 amide bonds. The Kier molecular flexibility index (Phi) is 11.6. The molecule has 0 aliphatic heterocycles. The molecule has 0 heterocycles. The summed E-state index contributed by atoms with van der Waals surface area (Å²) < 4.78 is 0. The number of carbonyl (C=O) groups is 1. The average molecular weight is 115 g/mol. The third-order valence-electron chi connectivity index (χ3n) is 0.426. The first-order chi connectivity index (χ1) is 3.77. The molecule has 1 N–H and O–H groups in total. The van der Waals surface area contributed by atoms with Crippen molar-refractivity contribution in [1.82, 2.24) is 5.32 Å². The van der Waals surface area contributed by atoms with Crippen molar-refractivity contribution in [3.8, 4) is 0 Å². The lowest BCUT2D eigenvalue weighted by Crippen LogP contribution is -2.18. The van der Waals surface area contributed by atoms with Crippen LogP contribution in [0, 0.1) is 10.8 Å². The Bertz CT molecular complexity index is 78.6. The molecule has 0 unspecified atom stereocenters. The fraction of sp³-hybridized carbons (Fsp3) is 0.750. The highest BCUT2D eigenvalue weighted by Crippen LogP contribution is 1.54. The van der Waals surface area contributed by atoms with E-state index >= 15 is 0 Å².